The first-order valence-corrected chi connectivity index (χ1v) is 6.62. The maximum Gasteiger partial charge on any atom is 0.303 e. The zero-order valence-electron chi connectivity index (χ0n) is 11.4. The van der Waals surface area contributed by atoms with Gasteiger partial charge in [0.1, 0.15) is 0 Å². The molecule has 0 saturated heterocycles. The number of anilines is 1. The Hall–Kier alpha value is -2.70. The lowest BCUT2D eigenvalue weighted by molar-refractivity contribution is -0.137. The van der Waals surface area contributed by atoms with Crippen LogP contribution in [-0.4, -0.2) is 32.7 Å². The van der Waals surface area contributed by atoms with Gasteiger partial charge in [-0.3, -0.25) is 9.59 Å². The number of aromatic nitrogens is 2. The number of para-hydroxylation sites is 2. The molecule has 108 valence electrons. The van der Waals surface area contributed by atoms with Crippen LogP contribution < -0.4 is 5.01 Å². The first-order chi connectivity index (χ1) is 10.1. The van der Waals surface area contributed by atoms with Crippen molar-refractivity contribution in [2.75, 3.05) is 5.01 Å². The van der Waals surface area contributed by atoms with Gasteiger partial charge in [0.2, 0.25) is 5.95 Å². The van der Waals surface area contributed by atoms with Crippen LogP contribution in [0.15, 0.2) is 29.4 Å². The van der Waals surface area contributed by atoms with Crippen LogP contribution >= 0.6 is 0 Å². The highest BCUT2D eigenvalue weighted by atomic mass is 16.4. The topological polar surface area (TPSA) is 98.7 Å². The number of carbonyl (C=O) groups excluding carboxylic acids is 1. The Kier molecular flexibility index (Phi) is 3.17. The number of hydrogen-bond acceptors (Lipinski definition) is 4. The lowest BCUT2D eigenvalue weighted by atomic mass is 9.99. The van der Waals surface area contributed by atoms with Gasteiger partial charge in [0.25, 0.3) is 5.91 Å². The van der Waals surface area contributed by atoms with E-state index in [4.69, 9.17) is 5.11 Å². The van der Waals surface area contributed by atoms with E-state index < -0.39 is 11.9 Å². The fraction of sp³-hybridized carbons (Fsp3) is 0.286. The number of carboxylic acids is 1. The monoisotopic (exact) mass is 286 g/mol. The average molecular weight is 286 g/mol. The van der Waals surface area contributed by atoms with Crippen LogP contribution in [0.4, 0.5) is 5.95 Å². The van der Waals surface area contributed by atoms with Crippen molar-refractivity contribution in [3.05, 3.63) is 24.3 Å². The Bertz CT molecular complexity index is 717. The zero-order chi connectivity index (χ0) is 15.0. The first-order valence-electron chi connectivity index (χ1n) is 6.62. The first kappa shape index (κ1) is 13.3. The number of carbonyl (C=O) groups is 2. The van der Waals surface area contributed by atoms with Crippen LogP contribution in [0.3, 0.4) is 0 Å². The molecule has 2 heterocycles. The average Bonchev–Trinajstić information content (AvgIpc) is 2.98. The summed E-state index contributed by atoms with van der Waals surface area (Å²) >= 11 is 0. The Labute approximate surface area is 120 Å². The number of aliphatic carboxylic acids is 1. The summed E-state index contributed by atoms with van der Waals surface area (Å²) in [6.07, 6.45) is 0.192. The molecular weight excluding hydrogens is 272 g/mol. The van der Waals surface area contributed by atoms with Gasteiger partial charge in [0.15, 0.2) is 0 Å². The highest BCUT2D eigenvalue weighted by Gasteiger charge is 2.35. The highest BCUT2D eigenvalue weighted by Crippen LogP contribution is 2.26. The molecule has 0 saturated carbocycles. The molecule has 0 fully saturated rings. The van der Waals surface area contributed by atoms with E-state index in [0.717, 1.165) is 11.0 Å². The van der Waals surface area contributed by atoms with E-state index >= 15 is 0 Å². The lowest BCUT2D eigenvalue weighted by Crippen LogP contribution is -2.28. The van der Waals surface area contributed by atoms with Crippen molar-refractivity contribution < 1.29 is 14.7 Å². The summed E-state index contributed by atoms with van der Waals surface area (Å²) in [4.78, 5) is 30.4. The number of imidazole rings is 1. The van der Waals surface area contributed by atoms with Crippen LogP contribution in [-0.2, 0) is 9.59 Å². The van der Waals surface area contributed by atoms with Crippen molar-refractivity contribution in [2.45, 2.75) is 19.8 Å². The van der Waals surface area contributed by atoms with E-state index in [1.807, 2.05) is 24.3 Å². The maximum atomic E-state index is 12.4. The Morgan fingerprint density at radius 1 is 1.43 bits per heavy atom. The van der Waals surface area contributed by atoms with Crippen molar-refractivity contribution >= 4 is 34.6 Å². The second kappa shape index (κ2) is 5.01. The van der Waals surface area contributed by atoms with Gasteiger partial charge < -0.3 is 10.1 Å². The van der Waals surface area contributed by atoms with E-state index in [1.54, 1.807) is 6.92 Å². The Morgan fingerprint density at radius 3 is 2.90 bits per heavy atom. The number of hydrazone groups is 1. The molecule has 3 rings (SSSR count). The molecule has 1 aromatic heterocycles. The number of H-pyrrole nitrogens is 1. The normalized spacial score (nSPS) is 18.3. The summed E-state index contributed by atoms with van der Waals surface area (Å²) in [5, 5.41) is 14.2. The summed E-state index contributed by atoms with van der Waals surface area (Å²) in [5.41, 5.74) is 2.19. The highest BCUT2D eigenvalue weighted by molar-refractivity contribution is 6.14. The van der Waals surface area contributed by atoms with Gasteiger partial charge in [-0.05, 0) is 25.5 Å². The molecule has 1 aromatic carbocycles. The number of rotatable bonds is 4. The van der Waals surface area contributed by atoms with Crippen molar-refractivity contribution in [3.8, 4) is 0 Å². The number of benzene rings is 1. The molecule has 1 unspecified atom stereocenters. The van der Waals surface area contributed by atoms with Crippen molar-refractivity contribution in [1.82, 2.24) is 9.97 Å². The molecule has 7 heteroatoms. The van der Waals surface area contributed by atoms with Gasteiger partial charge in [-0.15, -0.1) is 0 Å². The smallest absolute Gasteiger partial charge is 0.303 e. The number of nitrogens with zero attached hydrogens (tertiary/aromatic N) is 3. The van der Waals surface area contributed by atoms with Crippen molar-refractivity contribution in [1.29, 1.82) is 0 Å². The zero-order valence-corrected chi connectivity index (χ0v) is 11.4. The van der Waals surface area contributed by atoms with Crippen molar-refractivity contribution in [3.63, 3.8) is 0 Å². The number of hydrogen-bond donors (Lipinski definition) is 2. The van der Waals surface area contributed by atoms with E-state index in [2.05, 4.69) is 15.1 Å². The van der Waals surface area contributed by atoms with Gasteiger partial charge >= 0.3 is 5.97 Å². The van der Waals surface area contributed by atoms with E-state index in [9.17, 15) is 9.59 Å². The fourth-order valence-corrected chi connectivity index (χ4v) is 2.39. The molecule has 0 spiro atoms. The van der Waals surface area contributed by atoms with Crippen LogP contribution in [0.1, 0.15) is 19.8 Å². The molecule has 2 N–H and O–H groups in total. The molecule has 2 aromatic rings. The van der Waals surface area contributed by atoms with Crippen LogP contribution in [0.5, 0.6) is 0 Å². The predicted molar refractivity (Wildman–Crippen MR) is 77.0 cm³/mol. The van der Waals surface area contributed by atoms with Gasteiger partial charge in [-0.25, -0.2) is 4.98 Å². The third-order valence-electron chi connectivity index (χ3n) is 3.49. The standard InChI is InChI=1S/C14H14N4O3/c1-8-9(6-7-12(19)20)13(21)18(17-8)14-15-10-4-2-3-5-11(10)16-14/h2-5,9H,6-7H2,1H3,(H,15,16)(H,19,20). The number of fused-ring (bicyclic) bond motifs is 1. The molecule has 1 amide bonds. The number of amides is 1. The molecule has 0 bridgehead atoms. The Morgan fingerprint density at radius 2 is 2.19 bits per heavy atom. The molecule has 7 nitrogen and oxygen atoms in total. The minimum absolute atomic E-state index is 0.0583. The van der Waals surface area contributed by atoms with E-state index in [1.165, 1.54) is 5.01 Å². The number of carboxylic acid groups (broad SMARTS) is 1. The Balaban J connectivity index is 1.86. The summed E-state index contributed by atoms with van der Waals surface area (Å²) < 4.78 is 0. The minimum atomic E-state index is -0.919. The largest absolute Gasteiger partial charge is 0.481 e. The second-order valence-electron chi connectivity index (χ2n) is 4.95. The quantitative estimate of drug-likeness (QED) is 0.894. The fourth-order valence-electron chi connectivity index (χ4n) is 2.39. The molecule has 1 atom stereocenters. The van der Waals surface area contributed by atoms with Crippen molar-refractivity contribution in [2.24, 2.45) is 11.0 Å². The van der Waals surface area contributed by atoms with Gasteiger partial charge in [-0.2, -0.15) is 10.1 Å². The van der Waals surface area contributed by atoms with E-state index in [-0.39, 0.29) is 18.7 Å². The number of aromatic amines is 1. The summed E-state index contributed by atoms with van der Waals surface area (Å²) in [6, 6.07) is 7.45. The van der Waals surface area contributed by atoms with Crippen LogP contribution in [0.2, 0.25) is 0 Å². The molecule has 0 radical (unpaired) electrons. The molecule has 1 aliphatic heterocycles. The van der Waals surface area contributed by atoms with Crippen LogP contribution in [0.25, 0.3) is 11.0 Å². The lowest BCUT2D eigenvalue weighted by Gasteiger charge is -2.10. The van der Waals surface area contributed by atoms with E-state index in [0.29, 0.717) is 11.7 Å². The molecule has 21 heavy (non-hydrogen) atoms. The van der Waals surface area contributed by atoms with Gasteiger partial charge in [0, 0.05) is 12.1 Å². The molecule has 1 aliphatic rings. The molecular formula is C14H14N4O3. The third kappa shape index (κ3) is 2.37. The summed E-state index contributed by atoms with van der Waals surface area (Å²) in [7, 11) is 0. The molecule has 0 aliphatic carbocycles. The number of nitrogens with one attached hydrogen (secondary N) is 1. The van der Waals surface area contributed by atoms with Crippen LogP contribution in [0, 0.1) is 5.92 Å². The summed E-state index contributed by atoms with van der Waals surface area (Å²) in [6.45, 7) is 1.73. The third-order valence-corrected chi connectivity index (χ3v) is 3.49. The minimum Gasteiger partial charge on any atom is -0.481 e. The van der Waals surface area contributed by atoms with Gasteiger partial charge in [-0.1, -0.05) is 12.1 Å². The maximum absolute atomic E-state index is 12.4. The summed E-state index contributed by atoms with van der Waals surface area (Å²) in [5.74, 6) is -1.29. The van der Waals surface area contributed by atoms with Gasteiger partial charge in [0.05, 0.1) is 17.0 Å². The predicted octanol–water partition coefficient (Wildman–Crippen LogP) is 1.77. The SMILES string of the molecule is CC1=NN(c2nc3ccccc3[nH]2)C(=O)C1CCC(=O)O. The second-order valence-corrected chi connectivity index (χ2v) is 4.95.